The molecule has 3 heterocycles. The van der Waals surface area contributed by atoms with Crippen LogP contribution in [-0.2, 0) is 6.61 Å². The zero-order valence-corrected chi connectivity index (χ0v) is 14.3. The van der Waals surface area contributed by atoms with Crippen molar-refractivity contribution in [2.75, 3.05) is 18.0 Å². The summed E-state index contributed by atoms with van der Waals surface area (Å²) in [5, 5.41) is 9.04. The Balaban J connectivity index is 1.36. The minimum Gasteiger partial charge on any atom is -0.486 e. The van der Waals surface area contributed by atoms with Crippen molar-refractivity contribution in [3.8, 4) is 11.7 Å². The minimum atomic E-state index is 0.245. The molecule has 0 radical (unpaired) electrons. The fraction of sp³-hybridized carbons (Fsp3) is 0.421. The number of anilines is 1. The van der Waals surface area contributed by atoms with Gasteiger partial charge in [-0.25, -0.2) is 15.2 Å². The number of hydrogen-bond acceptors (Lipinski definition) is 5. The van der Waals surface area contributed by atoms with Crippen LogP contribution in [0.25, 0.3) is 0 Å². The molecule has 2 saturated heterocycles. The lowest BCUT2D eigenvalue weighted by Crippen LogP contribution is -2.53. The number of rotatable bonds is 4. The fourth-order valence-electron chi connectivity index (χ4n) is 4.08. The lowest BCUT2D eigenvalue weighted by atomic mass is 9.26. The third-order valence-corrected chi connectivity index (χ3v) is 5.35. The van der Waals surface area contributed by atoms with Gasteiger partial charge in [0.1, 0.15) is 6.61 Å². The number of hydrogen-bond donors (Lipinski definition) is 0. The molecule has 5 nitrogen and oxygen atoms in total. The fourth-order valence-corrected chi connectivity index (χ4v) is 4.08. The molecule has 1 spiro atoms. The van der Waals surface area contributed by atoms with E-state index in [-0.39, 0.29) is 6.71 Å². The van der Waals surface area contributed by atoms with Gasteiger partial charge in [0.2, 0.25) is 5.95 Å². The molecule has 2 fully saturated rings. The van der Waals surface area contributed by atoms with Gasteiger partial charge < -0.3 is 9.64 Å². The zero-order valence-electron chi connectivity index (χ0n) is 14.3. The van der Waals surface area contributed by atoms with Crippen molar-refractivity contribution < 1.29 is 4.74 Å². The molecule has 2 aliphatic heterocycles. The summed E-state index contributed by atoms with van der Waals surface area (Å²) in [6.07, 6.45) is 7.93. The van der Waals surface area contributed by atoms with Crippen molar-refractivity contribution in [2.24, 2.45) is 5.41 Å². The van der Waals surface area contributed by atoms with Gasteiger partial charge >= 0.3 is 0 Å². The molecule has 0 aliphatic carbocycles. The molecule has 2 aliphatic rings. The summed E-state index contributed by atoms with van der Waals surface area (Å²) in [5.74, 6) is 3.85. The van der Waals surface area contributed by atoms with Crippen LogP contribution >= 0.6 is 0 Å². The van der Waals surface area contributed by atoms with Gasteiger partial charge in [-0.05, 0) is 23.8 Å². The first-order chi connectivity index (χ1) is 12.3. The SMILES string of the molecule is N#CB1CC2(CCCN(c3ncc(OCc4ccccc4)cn3)C2)C1. The van der Waals surface area contributed by atoms with Gasteiger partial charge in [-0.2, -0.15) is 0 Å². The third kappa shape index (κ3) is 3.46. The van der Waals surface area contributed by atoms with E-state index in [1.807, 2.05) is 30.3 Å². The molecular formula is C19H21BN4O. The summed E-state index contributed by atoms with van der Waals surface area (Å²) in [4.78, 5) is 11.3. The first-order valence-corrected chi connectivity index (χ1v) is 8.90. The standard InChI is InChI=1S/C19H21BN4O/c21-15-20-12-19(13-20)7-4-8-24(14-19)18-22-9-17(10-23-18)25-11-16-5-2-1-3-6-16/h1-3,5-6,9-10H,4,7-8,11-14H2. The molecule has 2 aromatic rings. The molecule has 0 atom stereocenters. The molecular weight excluding hydrogens is 311 g/mol. The second-order valence-corrected chi connectivity index (χ2v) is 7.25. The lowest BCUT2D eigenvalue weighted by molar-refractivity contribution is 0.259. The van der Waals surface area contributed by atoms with E-state index in [0.717, 1.165) is 43.7 Å². The number of nitrogens with zero attached hydrogens (tertiary/aromatic N) is 4. The van der Waals surface area contributed by atoms with E-state index in [4.69, 9.17) is 10.00 Å². The molecule has 0 N–H and O–H groups in total. The molecule has 6 heteroatoms. The van der Waals surface area contributed by atoms with Crippen LogP contribution in [0.5, 0.6) is 5.75 Å². The van der Waals surface area contributed by atoms with E-state index < -0.39 is 0 Å². The van der Waals surface area contributed by atoms with Crippen LogP contribution in [0.15, 0.2) is 42.7 Å². The predicted molar refractivity (Wildman–Crippen MR) is 97.7 cm³/mol. The number of ether oxygens (including phenoxy) is 1. The van der Waals surface area contributed by atoms with Crippen molar-refractivity contribution in [2.45, 2.75) is 32.1 Å². The topological polar surface area (TPSA) is 62.0 Å². The van der Waals surface area contributed by atoms with Gasteiger partial charge in [0, 0.05) is 19.1 Å². The maximum Gasteiger partial charge on any atom is 0.269 e. The molecule has 0 bridgehead atoms. The third-order valence-electron chi connectivity index (χ3n) is 5.35. The average Bonchev–Trinajstić information content (AvgIpc) is 2.65. The first-order valence-electron chi connectivity index (χ1n) is 8.90. The number of nitriles is 1. The van der Waals surface area contributed by atoms with Crippen molar-refractivity contribution in [3.63, 3.8) is 0 Å². The van der Waals surface area contributed by atoms with E-state index in [2.05, 4.69) is 20.8 Å². The van der Waals surface area contributed by atoms with Gasteiger partial charge in [0.25, 0.3) is 6.71 Å². The number of benzene rings is 1. The second-order valence-electron chi connectivity index (χ2n) is 7.25. The molecule has 0 amide bonds. The summed E-state index contributed by atoms with van der Waals surface area (Å²) in [7, 11) is 0. The Bertz CT molecular complexity index is 753. The van der Waals surface area contributed by atoms with Gasteiger partial charge in [0.05, 0.1) is 12.4 Å². The highest BCUT2D eigenvalue weighted by Gasteiger charge is 2.49. The summed E-state index contributed by atoms with van der Waals surface area (Å²) in [6.45, 7) is 2.72. The summed E-state index contributed by atoms with van der Waals surface area (Å²) in [6, 6.07) is 10.1. The van der Waals surface area contributed by atoms with E-state index >= 15 is 0 Å². The normalized spacial score (nSPS) is 18.5. The molecule has 25 heavy (non-hydrogen) atoms. The molecule has 1 aromatic carbocycles. The predicted octanol–water partition coefficient (Wildman–Crippen LogP) is 3.21. The Morgan fingerprint density at radius 2 is 1.96 bits per heavy atom. The maximum atomic E-state index is 9.04. The first kappa shape index (κ1) is 16.0. The maximum absolute atomic E-state index is 9.04. The highest BCUT2D eigenvalue weighted by molar-refractivity contribution is 6.70. The summed E-state index contributed by atoms with van der Waals surface area (Å²) in [5.41, 5.74) is 1.44. The monoisotopic (exact) mass is 332 g/mol. The van der Waals surface area contributed by atoms with Crippen LogP contribution in [-0.4, -0.2) is 29.8 Å². The van der Waals surface area contributed by atoms with E-state index in [1.165, 1.54) is 6.42 Å². The lowest BCUT2D eigenvalue weighted by Gasteiger charge is -2.50. The number of aromatic nitrogens is 2. The quantitative estimate of drug-likeness (QED) is 0.805. The average molecular weight is 332 g/mol. The van der Waals surface area contributed by atoms with E-state index in [9.17, 15) is 0 Å². The van der Waals surface area contributed by atoms with Crippen molar-refractivity contribution in [3.05, 3.63) is 48.3 Å². The minimum absolute atomic E-state index is 0.245. The molecule has 126 valence electrons. The summed E-state index contributed by atoms with van der Waals surface area (Å²) >= 11 is 0. The van der Waals surface area contributed by atoms with Crippen LogP contribution in [0.1, 0.15) is 18.4 Å². The molecule has 1 aromatic heterocycles. The van der Waals surface area contributed by atoms with E-state index in [1.54, 1.807) is 12.4 Å². The smallest absolute Gasteiger partial charge is 0.269 e. The van der Waals surface area contributed by atoms with Crippen LogP contribution in [0, 0.1) is 16.6 Å². The van der Waals surface area contributed by atoms with Crippen molar-refractivity contribution >= 4 is 12.7 Å². The Morgan fingerprint density at radius 1 is 1.20 bits per heavy atom. The van der Waals surface area contributed by atoms with Crippen molar-refractivity contribution in [1.82, 2.24) is 9.97 Å². The largest absolute Gasteiger partial charge is 0.486 e. The van der Waals surface area contributed by atoms with Crippen LogP contribution < -0.4 is 9.64 Å². The summed E-state index contributed by atoms with van der Waals surface area (Å²) < 4.78 is 5.76. The van der Waals surface area contributed by atoms with Crippen LogP contribution in [0.2, 0.25) is 12.6 Å². The van der Waals surface area contributed by atoms with Gasteiger partial charge in [-0.15, -0.1) is 0 Å². The molecule has 0 unspecified atom stereocenters. The van der Waals surface area contributed by atoms with Gasteiger partial charge in [0.15, 0.2) is 5.75 Å². The Hall–Kier alpha value is -2.55. The Morgan fingerprint density at radius 3 is 2.68 bits per heavy atom. The van der Waals surface area contributed by atoms with Gasteiger partial charge in [-0.1, -0.05) is 43.0 Å². The zero-order chi connectivity index (χ0) is 17.1. The Kier molecular flexibility index (Phi) is 4.31. The highest BCUT2D eigenvalue weighted by Crippen LogP contribution is 2.48. The van der Waals surface area contributed by atoms with E-state index in [0.29, 0.717) is 17.8 Å². The highest BCUT2D eigenvalue weighted by atomic mass is 16.5. The number of piperidine rings is 1. The molecule has 0 saturated carbocycles. The Labute approximate surface area is 148 Å². The van der Waals surface area contributed by atoms with Crippen LogP contribution in [0.4, 0.5) is 5.95 Å². The van der Waals surface area contributed by atoms with Crippen molar-refractivity contribution in [1.29, 1.82) is 5.26 Å². The second kappa shape index (κ2) is 6.75. The van der Waals surface area contributed by atoms with Gasteiger partial charge in [-0.3, -0.25) is 0 Å². The molecule has 4 rings (SSSR count). The van der Waals surface area contributed by atoms with Crippen LogP contribution in [0.3, 0.4) is 0 Å².